The third-order valence-corrected chi connectivity index (χ3v) is 3.87. The van der Waals surface area contributed by atoms with Crippen LogP contribution in [0.25, 0.3) is 0 Å². The van der Waals surface area contributed by atoms with Crippen LogP contribution in [0.3, 0.4) is 0 Å². The second kappa shape index (κ2) is 6.79. The Balaban J connectivity index is 1.59. The van der Waals surface area contributed by atoms with E-state index >= 15 is 0 Å². The van der Waals surface area contributed by atoms with Gasteiger partial charge in [-0.15, -0.1) is 0 Å². The first-order valence-corrected chi connectivity index (χ1v) is 7.68. The average molecular weight is 355 g/mol. The van der Waals surface area contributed by atoms with E-state index < -0.39 is 23.2 Å². The Kier molecular flexibility index (Phi) is 4.71. The van der Waals surface area contributed by atoms with Gasteiger partial charge in [-0.3, -0.25) is 14.9 Å². The lowest BCUT2D eigenvalue weighted by Gasteiger charge is -2.15. The SMILES string of the molecule is Cc1nc([C@@H]2CC[C@H](CNC(=O)c3cnccc3C(F)(F)F)O2)n[nH]1. The summed E-state index contributed by atoms with van der Waals surface area (Å²) in [6, 6.07) is 0.780. The first-order chi connectivity index (χ1) is 11.8. The van der Waals surface area contributed by atoms with Gasteiger partial charge in [-0.25, -0.2) is 4.98 Å². The van der Waals surface area contributed by atoms with Crippen LogP contribution in [0.4, 0.5) is 13.2 Å². The number of pyridine rings is 1. The Morgan fingerprint density at radius 1 is 1.44 bits per heavy atom. The van der Waals surface area contributed by atoms with E-state index in [2.05, 4.69) is 25.5 Å². The van der Waals surface area contributed by atoms with Gasteiger partial charge in [0, 0.05) is 18.9 Å². The maximum absolute atomic E-state index is 12.9. The van der Waals surface area contributed by atoms with Crippen molar-refractivity contribution in [2.75, 3.05) is 6.54 Å². The lowest BCUT2D eigenvalue weighted by atomic mass is 10.1. The van der Waals surface area contributed by atoms with Crippen molar-refractivity contribution in [3.05, 3.63) is 41.2 Å². The zero-order valence-corrected chi connectivity index (χ0v) is 13.3. The molecule has 3 rings (SSSR count). The zero-order chi connectivity index (χ0) is 18.0. The number of nitrogens with zero attached hydrogens (tertiary/aromatic N) is 3. The van der Waals surface area contributed by atoms with E-state index in [1.165, 1.54) is 0 Å². The number of amides is 1. The van der Waals surface area contributed by atoms with Crippen molar-refractivity contribution in [2.24, 2.45) is 0 Å². The second-order valence-electron chi connectivity index (χ2n) is 5.73. The number of carbonyl (C=O) groups excluding carboxylic acids is 1. The monoisotopic (exact) mass is 355 g/mol. The first-order valence-electron chi connectivity index (χ1n) is 7.68. The van der Waals surface area contributed by atoms with E-state index in [1.54, 1.807) is 6.92 Å². The highest BCUT2D eigenvalue weighted by molar-refractivity contribution is 5.95. The number of rotatable bonds is 4. The largest absolute Gasteiger partial charge is 0.417 e. The molecule has 0 saturated carbocycles. The van der Waals surface area contributed by atoms with Gasteiger partial charge in [-0.05, 0) is 25.8 Å². The summed E-state index contributed by atoms with van der Waals surface area (Å²) in [6.45, 7) is 1.88. The van der Waals surface area contributed by atoms with Crippen LogP contribution < -0.4 is 5.32 Å². The minimum atomic E-state index is -4.62. The van der Waals surface area contributed by atoms with E-state index in [1.807, 2.05) is 0 Å². The number of ether oxygens (including phenoxy) is 1. The van der Waals surface area contributed by atoms with Crippen molar-refractivity contribution in [1.82, 2.24) is 25.5 Å². The van der Waals surface area contributed by atoms with Gasteiger partial charge in [-0.2, -0.15) is 18.3 Å². The van der Waals surface area contributed by atoms with E-state index in [9.17, 15) is 18.0 Å². The maximum Gasteiger partial charge on any atom is 0.417 e. The number of hydrogen-bond acceptors (Lipinski definition) is 5. The van der Waals surface area contributed by atoms with Crippen LogP contribution in [-0.4, -0.2) is 38.7 Å². The van der Waals surface area contributed by atoms with E-state index in [0.29, 0.717) is 24.5 Å². The second-order valence-corrected chi connectivity index (χ2v) is 5.73. The maximum atomic E-state index is 12.9. The number of H-pyrrole nitrogens is 1. The fourth-order valence-electron chi connectivity index (χ4n) is 2.67. The van der Waals surface area contributed by atoms with Gasteiger partial charge in [-0.1, -0.05) is 0 Å². The molecule has 1 fully saturated rings. The molecule has 2 aromatic heterocycles. The third kappa shape index (κ3) is 3.95. The van der Waals surface area contributed by atoms with Crippen LogP contribution in [0.15, 0.2) is 18.5 Å². The highest BCUT2D eigenvalue weighted by Crippen LogP contribution is 2.32. The molecule has 0 radical (unpaired) electrons. The molecule has 0 bridgehead atoms. The van der Waals surface area contributed by atoms with Gasteiger partial charge in [0.15, 0.2) is 5.82 Å². The molecule has 1 aliphatic heterocycles. The van der Waals surface area contributed by atoms with Crippen LogP contribution in [0.1, 0.15) is 46.5 Å². The predicted molar refractivity (Wildman–Crippen MR) is 79.5 cm³/mol. The molecule has 1 saturated heterocycles. The Morgan fingerprint density at radius 2 is 2.24 bits per heavy atom. The third-order valence-electron chi connectivity index (χ3n) is 3.87. The summed E-state index contributed by atoms with van der Waals surface area (Å²) in [5, 5.41) is 9.24. The molecule has 7 nitrogen and oxygen atoms in total. The Labute approximate surface area is 141 Å². The number of aromatic nitrogens is 4. The quantitative estimate of drug-likeness (QED) is 0.877. The van der Waals surface area contributed by atoms with Gasteiger partial charge in [0.1, 0.15) is 11.9 Å². The minimum absolute atomic E-state index is 0.102. The number of hydrogen-bond donors (Lipinski definition) is 2. The highest BCUT2D eigenvalue weighted by Gasteiger charge is 2.35. The van der Waals surface area contributed by atoms with Crippen LogP contribution in [0, 0.1) is 6.92 Å². The summed E-state index contributed by atoms with van der Waals surface area (Å²) in [6.07, 6.45) is -1.96. The zero-order valence-electron chi connectivity index (χ0n) is 13.3. The van der Waals surface area contributed by atoms with Gasteiger partial charge in [0.25, 0.3) is 5.91 Å². The summed E-state index contributed by atoms with van der Waals surface area (Å²) >= 11 is 0. The average Bonchev–Trinajstić information content (AvgIpc) is 3.20. The fraction of sp³-hybridized carbons (Fsp3) is 0.467. The molecule has 1 aliphatic rings. The number of alkyl halides is 3. The smallest absolute Gasteiger partial charge is 0.365 e. The number of nitrogens with one attached hydrogen (secondary N) is 2. The molecule has 10 heteroatoms. The predicted octanol–water partition coefficient (Wildman–Crippen LogP) is 2.18. The minimum Gasteiger partial charge on any atom is -0.365 e. The highest BCUT2D eigenvalue weighted by atomic mass is 19.4. The summed E-state index contributed by atoms with van der Waals surface area (Å²) in [4.78, 5) is 19.9. The Bertz CT molecular complexity index is 762. The number of halogens is 3. The van der Waals surface area contributed by atoms with E-state index in [4.69, 9.17) is 4.74 Å². The fourth-order valence-corrected chi connectivity index (χ4v) is 2.67. The topological polar surface area (TPSA) is 92.8 Å². The molecule has 2 atom stereocenters. The molecule has 0 unspecified atom stereocenters. The van der Waals surface area contributed by atoms with Gasteiger partial charge >= 0.3 is 6.18 Å². The molecule has 0 aromatic carbocycles. The summed E-state index contributed by atoms with van der Waals surface area (Å²) in [5.41, 5.74) is -1.52. The molecular weight excluding hydrogens is 339 g/mol. The van der Waals surface area contributed by atoms with Crippen molar-refractivity contribution in [3.8, 4) is 0 Å². The molecule has 25 heavy (non-hydrogen) atoms. The van der Waals surface area contributed by atoms with Gasteiger partial charge < -0.3 is 10.1 Å². The Morgan fingerprint density at radius 3 is 2.92 bits per heavy atom. The van der Waals surface area contributed by atoms with Crippen LogP contribution in [0.5, 0.6) is 0 Å². The van der Waals surface area contributed by atoms with Crippen molar-refractivity contribution in [3.63, 3.8) is 0 Å². The van der Waals surface area contributed by atoms with Crippen LogP contribution >= 0.6 is 0 Å². The summed E-state index contributed by atoms with van der Waals surface area (Å²) in [5.74, 6) is 0.380. The van der Waals surface area contributed by atoms with E-state index in [0.717, 1.165) is 18.5 Å². The van der Waals surface area contributed by atoms with Crippen molar-refractivity contribution < 1.29 is 22.7 Å². The van der Waals surface area contributed by atoms with Crippen molar-refractivity contribution >= 4 is 5.91 Å². The molecule has 2 aromatic rings. The number of aromatic amines is 1. The van der Waals surface area contributed by atoms with E-state index in [-0.39, 0.29) is 18.8 Å². The van der Waals surface area contributed by atoms with Gasteiger partial charge in [0.2, 0.25) is 0 Å². The van der Waals surface area contributed by atoms with Crippen LogP contribution in [0.2, 0.25) is 0 Å². The normalized spacial score (nSPS) is 20.6. The van der Waals surface area contributed by atoms with Crippen molar-refractivity contribution in [1.29, 1.82) is 0 Å². The number of aryl methyl sites for hydroxylation is 1. The standard InChI is InChI=1S/C15H16F3N5O2/c1-8-21-13(23-22-8)12-3-2-9(25-12)6-20-14(24)10-7-19-5-4-11(10)15(16,17)18/h4-5,7,9,12H,2-3,6H2,1H3,(H,20,24)(H,21,22,23)/t9-,12+/m1/s1. The Hall–Kier alpha value is -2.49. The molecule has 2 N–H and O–H groups in total. The van der Waals surface area contributed by atoms with Crippen molar-refractivity contribution in [2.45, 2.75) is 38.1 Å². The first kappa shape index (κ1) is 17.3. The summed E-state index contributed by atoms with van der Waals surface area (Å²) in [7, 11) is 0. The summed E-state index contributed by atoms with van der Waals surface area (Å²) < 4.78 is 44.6. The molecule has 0 aliphatic carbocycles. The molecular formula is C15H16F3N5O2. The molecule has 3 heterocycles. The molecule has 134 valence electrons. The number of carbonyl (C=O) groups is 1. The van der Waals surface area contributed by atoms with Gasteiger partial charge in [0.05, 0.1) is 17.2 Å². The lowest BCUT2D eigenvalue weighted by molar-refractivity contribution is -0.138. The molecule has 0 spiro atoms. The lowest BCUT2D eigenvalue weighted by Crippen LogP contribution is -2.33. The molecule has 1 amide bonds. The van der Waals surface area contributed by atoms with Crippen LogP contribution in [-0.2, 0) is 10.9 Å².